The summed E-state index contributed by atoms with van der Waals surface area (Å²) in [5.41, 5.74) is 2.62. The lowest BCUT2D eigenvalue weighted by molar-refractivity contribution is -0.132. The number of nitrogens with one attached hydrogen (secondary N) is 1. The van der Waals surface area contributed by atoms with Crippen molar-refractivity contribution in [2.24, 2.45) is 0 Å². The molecule has 0 unspecified atom stereocenters. The highest BCUT2D eigenvalue weighted by Gasteiger charge is 2.32. The Kier molecular flexibility index (Phi) is 6.28. The van der Waals surface area contributed by atoms with Gasteiger partial charge in [0.1, 0.15) is 18.0 Å². The fraction of sp³-hybridized carbons (Fsp3) is 0.233. The standard InChI is InChI=1S/C30H26N2O7/c1-37-15-17-12-25(33)29(36)30(39-17)21(22-16-38-26-9-5-3-7-20(26)28(22)35)13-27(34)32-11-10-19-18-6-2-4-8-23(18)31-24(19)14-32/h2-9,12,16,21,31,36H,10-11,13-15H2,1H3/t21-/m0/s1. The maximum Gasteiger partial charge on any atom is 0.227 e. The number of para-hydroxylation sites is 2. The molecular weight excluding hydrogens is 500 g/mol. The highest BCUT2D eigenvalue weighted by Crippen LogP contribution is 2.34. The molecule has 1 atom stereocenters. The highest BCUT2D eigenvalue weighted by molar-refractivity contribution is 5.86. The van der Waals surface area contributed by atoms with Crippen LogP contribution in [0.2, 0.25) is 0 Å². The van der Waals surface area contributed by atoms with Gasteiger partial charge in [-0.15, -0.1) is 0 Å². The minimum atomic E-state index is -1.06. The fourth-order valence-electron chi connectivity index (χ4n) is 5.39. The molecule has 1 aliphatic rings. The molecule has 1 amide bonds. The lowest BCUT2D eigenvalue weighted by Crippen LogP contribution is -2.37. The molecule has 0 bridgehead atoms. The van der Waals surface area contributed by atoms with E-state index >= 15 is 0 Å². The Labute approximate surface area is 222 Å². The van der Waals surface area contributed by atoms with Crippen molar-refractivity contribution in [1.29, 1.82) is 0 Å². The number of ether oxygens (including phenoxy) is 1. The van der Waals surface area contributed by atoms with Gasteiger partial charge in [0.15, 0.2) is 11.2 Å². The first kappa shape index (κ1) is 24.7. The van der Waals surface area contributed by atoms with E-state index in [1.165, 1.54) is 18.9 Å². The van der Waals surface area contributed by atoms with Crippen LogP contribution in [-0.4, -0.2) is 34.6 Å². The number of methoxy groups -OCH3 is 1. The quantitative estimate of drug-likeness (QED) is 0.340. The SMILES string of the molecule is COCc1cc(=O)c(O)c([C@@H](CC(=O)N2CCc3c([nH]c4ccccc34)C2)c2coc3ccccc3c2=O)o1. The van der Waals surface area contributed by atoms with Crippen molar-refractivity contribution in [2.75, 3.05) is 13.7 Å². The Morgan fingerprint density at radius 1 is 1.13 bits per heavy atom. The molecule has 0 fully saturated rings. The maximum absolute atomic E-state index is 13.7. The van der Waals surface area contributed by atoms with Crippen molar-refractivity contribution in [1.82, 2.24) is 9.88 Å². The van der Waals surface area contributed by atoms with Gasteiger partial charge in [-0.1, -0.05) is 30.3 Å². The summed E-state index contributed by atoms with van der Waals surface area (Å²) in [6.07, 6.45) is 1.74. The van der Waals surface area contributed by atoms with E-state index in [2.05, 4.69) is 11.1 Å². The number of rotatable bonds is 6. The number of amides is 1. The van der Waals surface area contributed by atoms with Crippen LogP contribution in [-0.2, 0) is 29.1 Å². The molecule has 2 N–H and O–H groups in total. The summed E-state index contributed by atoms with van der Waals surface area (Å²) < 4.78 is 16.7. The molecule has 5 aromatic rings. The normalized spacial score (nSPS) is 14.0. The summed E-state index contributed by atoms with van der Waals surface area (Å²) in [6.45, 7) is 0.846. The average molecular weight is 527 g/mol. The zero-order valence-corrected chi connectivity index (χ0v) is 21.2. The number of hydrogen-bond acceptors (Lipinski definition) is 7. The monoisotopic (exact) mass is 526 g/mol. The molecule has 0 aliphatic carbocycles. The summed E-state index contributed by atoms with van der Waals surface area (Å²) in [6, 6.07) is 15.9. The highest BCUT2D eigenvalue weighted by atomic mass is 16.5. The minimum absolute atomic E-state index is 0.0230. The number of aromatic hydroxyl groups is 1. The van der Waals surface area contributed by atoms with Gasteiger partial charge in [0.2, 0.25) is 17.1 Å². The Morgan fingerprint density at radius 2 is 1.90 bits per heavy atom. The van der Waals surface area contributed by atoms with Gasteiger partial charge in [-0.3, -0.25) is 14.4 Å². The molecule has 0 spiro atoms. The van der Waals surface area contributed by atoms with Gasteiger partial charge >= 0.3 is 0 Å². The summed E-state index contributed by atoms with van der Waals surface area (Å²) in [7, 11) is 1.44. The van der Waals surface area contributed by atoms with Crippen molar-refractivity contribution >= 4 is 27.8 Å². The molecule has 0 saturated carbocycles. The summed E-state index contributed by atoms with van der Waals surface area (Å²) >= 11 is 0. The van der Waals surface area contributed by atoms with E-state index in [0.717, 1.165) is 22.7 Å². The van der Waals surface area contributed by atoms with Gasteiger partial charge in [-0.2, -0.15) is 0 Å². The average Bonchev–Trinajstić information content (AvgIpc) is 3.32. The molecule has 9 heteroatoms. The number of carbonyl (C=O) groups is 1. The third kappa shape index (κ3) is 4.40. The van der Waals surface area contributed by atoms with Gasteiger partial charge in [0, 0.05) is 48.3 Å². The first-order chi connectivity index (χ1) is 18.9. The van der Waals surface area contributed by atoms with Crippen LogP contribution < -0.4 is 10.9 Å². The second-order valence-corrected chi connectivity index (χ2v) is 9.69. The largest absolute Gasteiger partial charge is 0.502 e. The molecular formula is C30H26N2O7. The van der Waals surface area contributed by atoms with E-state index in [0.29, 0.717) is 30.5 Å². The molecule has 3 aromatic heterocycles. The molecule has 0 saturated heterocycles. The molecule has 2 aromatic carbocycles. The van der Waals surface area contributed by atoms with E-state index in [-0.39, 0.29) is 41.4 Å². The number of aromatic amines is 1. The molecule has 198 valence electrons. The molecule has 4 heterocycles. The second-order valence-electron chi connectivity index (χ2n) is 9.69. The van der Waals surface area contributed by atoms with Crippen LogP contribution in [0.15, 0.2) is 79.3 Å². The van der Waals surface area contributed by atoms with Crippen molar-refractivity contribution in [3.05, 3.63) is 110 Å². The predicted octanol–water partition coefficient (Wildman–Crippen LogP) is 4.19. The van der Waals surface area contributed by atoms with Crippen LogP contribution in [0.25, 0.3) is 21.9 Å². The van der Waals surface area contributed by atoms with E-state index in [9.17, 15) is 19.5 Å². The molecule has 6 rings (SSSR count). The lowest BCUT2D eigenvalue weighted by atomic mass is 9.91. The van der Waals surface area contributed by atoms with Crippen LogP contribution in [0, 0.1) is 0 Å². The van der Waals surface area contributed by atoms with Gasteiger partial charge in [0.05, 0.1) is 24.1 Å². The lowest BCUT2D eigenvalue weighted by Gasteiger charge is -2.28. The molecule has 39 heavy (non-hydrogen) atoms. The predicted molar refractivity (Wildman–Crippen MR) is 144 cm³/mol. The van der Waals surface area contributed by atoms with Crippen LogP contribution >= 0.6 is 0 Å². The van der Waals surface area contributed by atoms with E-state index in [1.807, 2.05) is 18.2 Å². The third-order valence-electron chi connectivity index (χ3n) is 7.30. The third-order valence-corrected chi connectivity index (χ3v) is 7.30. The van der Waals surface area contributed by atoms with Crippen molar-refractivity contribution in [3.63, 3.8) is 0 Å². The van der Waals surface area contributed by atoms with Crippen LogP contribution in [0.1, 0.15) is 40.7 Å². The summed E-state index contributed by atoms with van der Waals surface area (Å²) in [4.78, 5) is 45.0. The van der Waals surface area contributed by atoms with Crippen molar-refractivity contribution in [2.45, 2.75) is 31.9 Å². The number of hydrogen-bond donors (Lipinski definition) is 2. The number of benzene rings is 2. The Morgan fingerprint density at radius 3 is 2.72 bits per heavy atom. The van der Waals surface area contributed by atoms with E-state index < -0.39 is 17.1 Å². The number of aromatic nitrogens is 1. The number of carbonyl (C=O) groups excluding carboxylic acids is 1. The Bertz CT molecular complexity index is 1830. The number of nitrogens with zero attached hydrogens (tertiary/aromatic N) is 1. The molecule has 1 aliphatic heterocycles. The van der Waals surface area contributed by atoms with Crippen LogP contribution in [0.3, 0.4) is 0 Å². The number of fused-ring (bicyclic) bond motifs is 4. The summed E-state index contributed by atoms with van der Waals surface area (Å²) in [5.74, 6) is -1.98. The maximum atomic E-state index is 13.7. The smallest absolute Gasteiger partial charge is 0.227 e. The van der Waals surface area contributed by atoms with Gasteiger partial charge in [-0.05, 0) is 30.2 Å². The first-order valence-electron chi connectivity index (χ1n) is 12.7. The van der Waals surface area contributed by atoms with Crippen LogP contribution in [0.4, 0.5) is 0 Å². The summed E-state index contributed by atoms with van der Waals surface area (Å²) in [5, 5.41) is 12.2. The van der Waals surface area contributed by atoms with Gasteiger partial charge < -0.3 is 28.6 Å². The topological polar surface area (TPSA) is 126 Å². The minimum Gasteiger partial charge on any atom is -0.502 e. The first-order valence-corrected chi connectivity index (χ1v) is 12.7. The van der Waals surface area contributed by atoms with Gasteiger partial charge in [0.25, 0.3) is 0 Å². The Hall–Kier alpha value is -4.63. The van der Waals surface area contributed by atoms with Crippen molar-refractivity contribution < 1.29 is 23.5 Å². The fourth-order valence-corrected chi connectivity index (χ4v) is 5.39. The van der Waals surface area contributed by atoms with E-state index in [4.69, 9.17) is 13.6 Å². The number of H-pyrrole nitrogens is 1. The molecule has 0 radical (unpaired) electrons. The Balaban J connectivity index is 1.40. The zero-order chi connectivity index (χ0) is 27.1. The van der Waals surface area contributed by atoms with Crippen LogP contribution in [0.5, 0.6) is 5.75 Å². The zero-order valence-electron chi connectivity index (χ0n) is 21.2. The molecule has 9 nitrogen and oxygen atoms in total. The van der Waals surface area contributed by atoms with Crippen molar-refractivity contribution in [3.8, 4) is 5.75 Å². The second kappa shape index (κ2) is 9.92. The van der Waals surface area contributed by atoms with E-state index in [1.54, 1.807) is 29.2 Å². The van der Waals surface area contributed by atoms with Gasteiger partial charge in [-0.25, -0.2) is 0 Å².